The fourth-order valence-electron chi connectivity index (χ4n) is 1.68. The van der Waals surface area contributed by atoms with E-state index in [0.29, 0.717) is 11.3 Å². The van der Waals surface area contributed by atoms with Gasteiger partial charge >= 0.3 is 0 Å². The Balaban J connectivity index is 2.27. The Labute approximate surface area is 105 Å². The van der Waals surface area contributed by atoms with E-state index < -0.39 is 0 Å². The third-order valence-corrected chi connectivity index (χ3v) is 2.63. The first-order valence-corrected chi connectivity index (χ1v) is 5.59. The van der Waals surface area contributed by atoms with Gasteiger partial charge in [-0.2, -0.15) is 0 Å². The summed E-state index contributed by atoms with van der Waals surface area (Å²) in [6, 6.07) is 6.84. The number of para-hydroxylation sites is 1. The Morgan fingerprint density at radius 2 is 2.06 bits per heavy atom. The number of carbonyl (C=O) groups excluding carboxylic acids is 1. The second kappa shape index (κ2) is 4.87. The molecule has 92 valence electrons. The number of anilines is 1. The van der Waals surface area contributed by atoms with Gasteiger partial charge in [-0.05, 0) is 37.1 Å². The first-order valence-electron chi connectivity index (χ1n) is 5.59. The molecule has 0 bridgehead atoms. The van der Waals surface area contributed by atoms with Gasteiger partial charge in [0.15, 0.2) is 0 Å². The fraction of sp³-hybridized carbons (Fsp3) is 0.143. The zero-order valence-electron chi connectivity index (χ0n) is 10.3. The van der Waals surface area contributed by atoms with E-state index in [1.54, 1.807) is 18.3 Å². The number of benzene rings is 1. The standard InChI is InChI=1S/C14H14N2O2/c1-9-6-11(8-15-7-9)14(18)16-13-10(2)4-3-5-12(13)17/h3-8,17H,1-2H3,(H,16,18). The SMILES string of the molecule is Cc1cncc(C(=O)Nc2c(C)cccc2O)c1. The van der Waals surface area contributed by atoms with E-state index in [1.807, 2.05) is 19.9 Å². The first kappa shape index (κ1) is 12.1. The number of aromatic nitrogens is 1. The number of pyridine rings is 1. The molecule has 0 atom stereocenters. The van der Waals surface area contributed by atoms with Gasteiger partial charge in [-0.15, -0.1) is 0 Å². The summed E-state index contributed by atoms with van der Waals surface area (Å²) >= 11 is 0. The molecular formula is C14H14N2O2. The van der Waals surface area contributed by atoms with E-state index in [-0.39, 0.29) is 11.7 Å². The van der Waals surface area contributed by atoms with Crippen LogP contribution in [0.2, 0.25) is 0 Å². The van der Waals surface area contributed by atoms with E-state index in [0.717, 1.165) is 11.1 Å². The van der Waals surface area contributed by atoms with Crippen molar-refractivity contribution < 1.29 is 9.90 Å². The summed E-state index contributed by atoms with van der Waals surface area (Å²) in [5, 5.41) is 12.4. The van der Waals surface area contributed by atoms with Crippen molar-refractivity contribution in [3.8, 4) is 5.75 Å². The third kappa shape index (κ3) is 2.48. The molecule has 2 N–H and O–H groups in total. The van der Waals surface area contributed by atoms with Crippen LogP contribution in [0.3, 0.4) is 0 Å². The molecule has 1 amide bonds. The Morgan fingerprint density at radius 1 is 1.28 bits per heavy atom. The lowest BCUT2D eigenvalue weighted by atomic mass is 10.1. The number of rotatable bonds is 2. The van der Waals surface area contributed by atoms with Crippen molar-refractivity contribution in [1.82, 2.24) is 4.98 Å². The minimum Gasteiger partial charge on any atom is -0.506 e. The van der Waals surface area contributed by atoms with Crippen molar-refractivity contribution in [3.05, 3.63) is 53.3 Å². The predicted octanol–water partition coefficient (Wildman–Crippen LogP) is 2.66. The number of aryl methyl sites for hydroxylation is 2. The molecule has 18 heavy (non-hydrogen) atoms. The number of phenols is 1. The largest absolute Gasteiger partial charge is 0.506 e. The van der Waals surface area contributed by atoms with Crippen molar-refractivity contribution in [2.75, 3.05) is 5.32 Å². The molecule has 0 saturated heterocycles. The molecule has 0 aliphatic rings. The fourth-order valence-corrected chi connectivity index (χ4v) is 1.68. The number of phenolic OH excluding ortho intramolecular Hbond substituents is 1. The van der Waals surface area contributed by atoms with E-state index >= 15 is 0 Å². The summed E-state index contributed by atoms with van der Waals surface area (Å²) in [6.07, 6.45) is 3.18. The molecule has 4 heteroatoms. The monoisotopic (exact) mass is 242 g/mol. The van der Waals surface area contributed by atoms with Crippen LogP contribution in [0, 0.1) is 13.8 Å². The summed E-state index contributed by atoms with van der Waals surface area (Å²) in [5.74, 6) is -0.222. The molecule has 1 heterocycles. The maximum absolute atomic E-state index is 12.0. The van der Waals surface area contributed by atoms with Crippen LogP contribution in [0.5, 0.6) is 5.75 Å². The highest BCUT2D eigenvalue weighted by molar-refractivity contribution is 6.05. The van der Waals surface area contributed by atoms with Gasteiger partial charge in [0.05, 0.1) is 11.3 Å². The normalized spacial score (nSPS) is 10.1. The average Bonchev–Trinajstić information content (AvgIpc) is 2.34. The minimum absolute atomic E-state index is 0.0592. The zero-order valence-corrected chi connectivity index (χ0v) is 10.3. The van der Waals surface area contributed by atoms with Gasteiger partial charge in [0, 0.05) is 12.4 Å². The number of carbonyl (C=O) groups is 1. The lowest BCUT2D eigenvalue weighted by Gasteiger charge is -2.10. The van der Waals surface area contributed by atoms with E-state index in [2.05, 4.69) is 10.3 Å². The molecule has 0 saturated carbocycles. The number of amides is 1. The molecule has 0 spiro atoms. The van der Waals surface area contributed by atoms with Crippen LogP contribution < -0.4 is 5.32 Å². The molecule has 0 radical (unpaired) electrons. The van der Waals surface area contributed by atoms with Gasteiger partial charge in [0.1, 0.15) is 5.75 Å². The van der Waals surface area contributed by atoms with Crippen LogP contribution >= 0.6 is 0 Å². The quantitative estimate of drug-likeness (QED) is 0.796. The Hall–Kier alpha value is -2.36. The smallest absolute Gasteiger partial charge is 0.257 e. The molecule has 0 aliphatic carbocycles. The molecule has 1 aromatic carbocycles. The van der Waals surface area contributed by atoms with E-state index in [4.69, 9.17) is 0 Å². The average molecular weight is 242 g/mol. The highest BCUT2D eigenvalue weighted by Gasteiger charge is 2.11. The number of hydrogen-bond acceptors (Lipinski definition) is 3. The number of nitrogens with zero attached hydrogens (tertiary/aromatic N) is 1. The molecule has 4 nitrogen and oxygen atoms in total. The molecular weight excluding hydrogens is 228 g/mol. The molecule has 1 aromatic heterocycles. The van der Waals surface area contributed by atoms with Gasteiger partial charge < -0.3 is 10.4 Å². The Bertz CT molecular complexity index is 574. The molecule has 0 aliphatic heterocycles. The maximum Gasteiger partial charge on any atom is 0.257 e. The predicted molar refractivity (Wildman–Crippen MR) is 69.8 cm³/mol. The number of nitrogens with one attached hydrogen (secondary N) is 1. The second-order valence-corrected chi connectivity index (χ2v) is 4.17. The molecule has 2 rings (SSSR count). The van der Waals surface area contributed by atoms with Crippen LogP contribution in [0.25, 0.3) is 0 Å². The number of hydrogen-bond donors (Lipinski definition) is 2. The van der Waals surface area contributed by atoms with Crippen LogP contribution in [-0.2, 0) is 0 Å². The van der Waals surface area contributed by atoms with E-state index in [9.17, 15) is 9.90 Å². The summed E-state index contributed by atoms with van der Waals surface area (Å²) in [6.45, 7) is 3.69. The third-order valence-electron chi connectivity index (χ3n) is 2.63. The summed E-state index contributed by atoms with van der Waals surface area (Å²) in [5.41, 5.74) is 2.63. The van der Waals surface area contributed by atoms with Gasteiger partial charge in [-0.3, -0.25) is 9.78 Å². The highest BCUT2D eigenvalue weighted by atomic mass is 16.3. The van der Waals surface area contributed by atoms with Gasteiger partial charge in [0.2, 0.25) is 0 Å². The van der Waals surface area contributed by atoms with Crippen molar-refractivity contribution >= 4 is 11.6 Å². The van der Waals surface area contributed by atoms with Crippen molar-refractivity contribution in [2.45, 2.75) is 13.8 Å². The molecule has 2 aromatic rings. The van der Waals surface area contributed by atoms with Crippen LogP contribution in [0.1, 0.15) is 21.5 Å². The van der Waals surface area contributed by atoms with Gasteiger partial charge in [-0.1, -0.05) is 12.1 Å². The van der Waals surface area contributed by atoms with Crippen LogP contribution in [0.15, 0.2) is 36.7 Å². The lowest BCUT2D eigenvalue weighted by Crippen LogP contribution is -2.13. The van der Waals surface area contributed by atoms with Crippen LogP contribution in [-0.4, -0.2) is 16.0 Å². The molecule has 0 fully saturated rings. The summed E-state index contributed by atoms with van der Waals surface area (Å²) < 4.78 is 0. The first-order chi connectivity index (χ1) is 8.58. The van der Waals surface area contributed by atoms with Crippen molar-refractivity contribution in [2.24, 2.45) is 0 Å². The second-order valence-electron chi connectivity index (χ2n) is 4.17. The van der Waals surface area contributed by atoms with Crippen LogP contribution in [0.4, 0.5) is 5.69 Å². The maximum atomic E-state index is 12.0. The van der Waals surface area contributed by atoms with Crippen molar-refractivity contribution in [3.63, 3.8) is 0 Å². The van der Waals surface area contributed by atoms with Crippen molar-refractivity contribution in [1.29, 1.82) is 0 Å². The highest BCUT2D eigenvalue weighted by Crippen LogP contribution is 2.26. The number of aromatic hydroxyl groups is 1. The lowest BCUT2D eigenvalue weighted by molar-refractivity contribution is 0.102. The minimum atomic E-state index is -0.282. The Kier molecular flexibility index (Phi) is 3.28. The van der Waals surface area contributed by atoms with Gasteiger partial charge in [-0.25, -0.2) is 0 Å². The summed E-state index contributed by atoms with van der Waals surface area (Å²) in [4.78, 5) is 16.0. The molecule has 0 unspecified atom stereocenters. The summed E-state index contributed by atoms with van der Waals surface area (Å²) in [7, 11) is 0. The van der Waals surface area contributed by atoms with E-state index in [1.165, 1.54) is 12.3 Å². The van der Waals surface area contributed by atoms with Gasteiger partial charge in [0.25, 0.3) is 5.91 Å². The topological polar surface area (TPSA) is 62.2 Å². The Morgan fingerprint density at radius 3 is 2.72 bits per heavy atom. The zero-order chi connectivity index (χ0) is 13.1.